The zero-order valence-corrected chi connectivity index (χ0v) is 14.7. The second-order valence-corrected chi connectivity index (χ2v) is 5.86. The van der Waals surface area contributed by atoms with Gasteiger partial charge in [0.1, 0.15) is 17.3 Å². The summed E-state index contributed by atoms with van der Waals surface area (Å²) in [6.45, 7) is 1.97. The van der Waals surface area contributed by atoms with Gasteiger partial charge in [-0.2, -0.15) is 5.10 Å². The van der Waals surface area contributed by atoms with E-state index in [-0.39, 0.29) is 18.1 Å². The highest BCUT2D eigenvalue weighted by Crippen LogP contribution is 2.29. The number of anilines is 1. The SMILES string of the molecule is CCc1[nH]nc(-c2ccc(F)cc2)c1NC(=O)Cc1ccc(OC)cc1. The molecule has 6 heteroatoms. The van der Waals surface area contributed by atoms with E-state index in [0.29, 0.717) is 17.8 Å². The van der Waals surface area contributed by atoms with Crippen molar-refractivity contribution in [2.24, 2.45) is 0 Å². The number of amides is 1. The van der Waals surface area contributed by atoms with Crippen molar-refractivity contribution in [1.82, 2.24) is 10.2 Å². The molecule has 3 aromatic rings. The standard InChI is InChI=1S/C20H20FN3O2/c1-3-17-20(19(24-23-17)14-6-8-15(21)9-7-14)22-18(25)12-13-4-10-16(26-2)11-5-13/h4-11H,3,12H2,1-2H3,(H,22,25)(H,23,24). The Bertz CT molecular complexity index is 886. The van der Waals surface area contributed by atoms with Crippen LogP contribution in [0.1, 0.15) is 18.2 Å². The highest BCUT2D eigenvalue weighted by Gasteiger charge is 2.16. The van der Waals surface area contributed by atoms with Gasteiger partial charge in [-0.25, -0.2) is 4.39 Å². The lowest BCUT2D eigenvalue weighted by molar-refractivity contribution is -0.115. The van der Waals surface area contributed by atoms with Crippen molar-refractivity contribution in [3.63, 3.8) is 0 Å². The molecule has 3 rings (SSSR count). The molecule has 0 saturated carbocycles. The molecular formula is C20H20FN3O2. The Morgan fingerprint density at radius 1 is 1.15 bits per heavy atom. The van der Waals surface area contributed by atoms with Crippen molar-refractivity contribution in [2.75, 3.05) is 12.4 Å². The van der Waals surface area contributed by atoms with E-state index in [2.05, 4.69) is 15.5 Å². The molecule has 0 bridgehead atoms. The monoisotopic (exact) mass is 353 g/mol. The highest BCUT2D eigenvalue weighted by molar-refractivity contribution is 5.96. The van der Waals surface area contributed by atoms with Crippen LogP contribution in [0.3, 0.4) is 0 Å². The van der Waals surface area contributed by atoms with Crippen LogP contribution in [-0.4, -0.2) is 23.2 Å². The molecule has 5 nitrogen and oxygen atoms in total. The van der Waals surface area contributed by atoms with Gasteiger partial charge in [0.05, 0.1) is 24.9 Å². The summed E-state index contributed by atoms with van der Waals surface area (Å²) < 4.78 is 18.3. The number of nitrogens with one attached hydrogen (secondary N) is 2. The molecule has 0 fully saturated rings. The van der Waals surface area contributed by atoms with Crippen LogP contribution in [0.15, 0.2) is 48.5 Å². The van der Waals surface area contributed by atoms with Crippen LogP contribution < -0.4 is 10.1 Å². The van der Waals surface area contributed by atoms with Gasteiger partial charge in [-0.1, -0.05) is 19.1 Å². The molecular weight excluding hydrogens is 333 g/mol. The molecule has 0 aliphatic carbocycles. The van der Waals surface area contributed by atoms with Crippen molar-refractivity contribution in [2.45, 2.75) is 19.8 Å². The number of aromatic amines is 1. The normalized spacial score (nSPS) is 10.6. The van der Waals surface area contributed by atoms with Crippen molar-refractivity contribution < 1.29 is 13.9 Å². The molecule has 0 unspecified atom stereocenters. The maximum atomic E-state index is 13.2. The summed E-state index contributed by atoms with van der Waals surface area (Å²) in [6, 6.07) is 13.4. The molecule has 26 heavy (non-hydrogen) atoms. The maximum Gasteiger partial charge on any atom is 0.228 e. The van der Waals surface area contributed by atoms with E-state index >= 15 is 0 Å². The Morgan fingerprint density at radius 3 is 2.46 bits per heavy atom. The van der Waals surface area contributed by atoms with E-state index < -0.39 is 0 Å². The van der Waals surface area contributed by atoms with E-state index in [0.717, 1.165) is 22.6 Å². The summed E-state index contributed by atoms with van der Waals surface area (Å²) in [7, 11) is 1.60. The topological polar surface area (TPSA) is 67.0 Å². The lowest BCUT2D eigenvalue weighted by Crippen LogP contribution is -2.15. The van der Waals surface area contributed by atoms with E-state index in [1.165, 1.54) is 12.1 Å². The number of aryl methyl sites for hydroxylation is 1. The fourth-order valence-electron chi connectivity index (χ4n) is 2.70. The third-order valence-electron chi connectivity index (χ3n) is 4.10. The molecule has 0 aliphatic heterocycles. The van der Waals surface area contributed by atoms with Gasteiger partial charge in [0.15, 0.2) is 0 Å². The maximum absolute atomic E-state index is 13.2. The first-order valence-electron chi connectivity index (χ1n) is 8.36. The van der Waals surface area contributed by atoms with E-state index in [4.69, 9.17) is 4.74 Å². The average molecular weight is 353 g/mol. The van der Waals surface area contributed by atoms with Gasteiger partial charge in [0, 0.05) is 5.56 Å². The molecule has 2 N–H and O–H groups in total. The molecule has 0 aliphatic rings. The van der Waals surface area contributed by atoms with Crippen LogP contribution in [0, 0.1) is 5.82 Å². The number of benzene rings is 2. The third-order valence-corrected chi connectivity index (χ3v) is 4.10. The minimum Gasteiger partial charge on any atom is -0.497 e. The van der Waals surface area contributed by atoms with Crippen LogP contribution in [0.4, 0.5) is 10.1 Å². The zero-order valence-electron chi connectivity index (χ0n) is 14.7. The van der Waals surface area contributed by atoms with Crippen LogP contribution in [0.2, 0.25) is 0 Å². The Labute approximate surface area is 151 Å². The summed E-state index contributed by atoms with van der Waals surface area (Å²) in [5.74, 6) is 0.288. The molecule has 0 saturated heterocycles. The fraction of sp³-hybridized carbons (Fsp3) is 0.200. The number of H-pyrrole nitrogens is 1. The number of carbonyl (C=O) groups is 1. The predicted octanol–water partition coefficient (Wildman–Crippen LogP) is 3.97. The first-order valence-corrected chi connectivity index (χ1v) is 8.36. The first-order chi connectivity index (χ1) is 12.6. The van der Waals surface area contributed by atoms with E-state index in [9.17, 15) is 9.18 Å². The zero-order chi connectivity index (χ0) is 18.5. The van der Waals surface area contributed by atoms with Gasteiger partial charge in [0.25, 0.3) is 0 Å². The molecule has 1 aromatic heterocycles. The minimum atomic E-state index is -0.315. The molecule has 0 atom stereocenters. The summed E-state index contributed by atoms with van der Waals surface area (Å²) in [6.07, 6.45) is 0.924. The van der Waals surface area contributed by atoms with Crippen LogP contribution in [0.5, 0.6) is 5.75 Å². The number of halogens is 1. The Hall–Kier alpha value is -3.15. The molecule has 2 aromatic carbocycles. The van der Waals surface area contributed by atoms with Crippen molar-refractivity contribution in [3.8, 4) is 17.0 Å². The number of hydrogen-bond acceptors (Lipinski definition) is 3. The lowest BCUT2D eigenvalue weighted by Gasteiger charge is -2.09. The molecule has 134 valence electrons. The van der Waals surface area contributed by atoms with Crippen molar-refractivity contribution in [1.29, 1.82) is 0 Å². The average Bonchev–Trinajstić information content (AvgIpc) is 3.05. The number of aromatic nitrogens is 2. The number of rotatable bonds is 6. The number of methoxy groups -OCH3 is 1. The second-order valence-electron chi connectivity index (χ2n) is 5.86. The Kier molecular flexibility index (Phi) is 5.31. The third kappa shape index (κ3) is 3.91. The summed E-state index contributed by atoms with van der Waals surface area (Å²) >= 11 is 0. The summed E-state index contributed by atoms with van der Waals surface area (Å²) in [5.41, 5.74) is 3.69. The Balaban J connectivity index is 1.80. The summed E-state index contributed by atoms with van der Waals surface area (Å²) in [5, 5.41) is 10.2. The highest BCUT2D eigenvalue weighted by atomic mass is 19.1. The van der Waals surface area contributed by atoms with Gasteiger partial charge in [-0.3, -0.25) is 9.89 Å². The smallest absolute Gasteiger partial charge is 0.228 e. The number of nitrogens with zero attached hydrogens (tertiary/aromatic N) is 1. The van der Waals surface area contributed by atoms with E-state index in [1.807, 2.05) is 31.2 Å². The van der Waals surface area contributed by atoms with Gasteiger partial charge in [0.2, 0.25) is 5.91 Å². The van der Waals surface area contributed by atoms with Gasteiger partial charge in [-0.15, -0.1) is 0 Å². The first kappa shape index (κ1) is 17.7. The number of carbonyl (C=O) groups excluding carboxylic acids is 1. The number of hydrogen-bond donors (Lipinski definition) is 2. The van der Waals surface area contributed by atoms with Crippen molar-refractivity contribution >= 4 is 11.6 Å². The van der Waals surface area contributed by atoms with Crippen LogP contribution in [0.25, 0.3) is 11.3 Å². The fourth-order valence-corrected chi connectivity index (χ4v) is 2.70. The second kappa shape index (κ2) is 7.82. The molecule has 0 spiro atoms. The molecule has 0 radical (unpaired) electrons. The van der Waals surface area contributed by atoms with Crippen LogP contribution in [-0.2, 0) is 17.6 Å². The molecule has 1 amide bonds. The largest absolute Gasteiger partial charge is 0.497 e. The Morgan fingerprint density at radius 2 is 1.85 bits per heavy atom. The lowest BCUT2D eigenvalue weighted by atomic mass is 10.1. The number of ether oxygens (including phenoxy) is 1. The quantitative estimate of drug-likeness (QED) is 0.705. The minimum absolute atomic E-state index is 0.144. The van der Waals surface area contributed by atoms with Gasteiger partial charge < -0.3 is 10.1 Å². The molecule has 1 heterocycles. The summed E-state index contributed by atoms with van der Waals surface area (Å²) in [4.78, 5) is 12.5. The van der Waals surface area contributed by atoms with Crippen molar-refractivity contribution in [3.05, 3.63) is 65.6 Å². The van der Waals surface area contributed by atoms with Gasteiger partial charge >= 0.3 is 0 Å². The van der Waals surface area contributed by atoms with E-state index in [1.54, 1.807) is 19.2 Å². The predicted molar refractivity (Wildman–Crippen MR) is 98.7 cm³/mol. The van der Waals surface area contributed by atoms with Gasteiger partial charge in [-0.05, 0) is 48.4 Å². The van der Waals surface area contributed by atoms with Crippen LogP contribution >= 0.6 is 0 Å².